The summed E-state index contributed by atoms with van der Waals surface area (Å²) in [6.45, 7) is 5.78. The Balaban J connectivity index is 2.30. The van der Waals surface area contributed by atoms with E-state index in [9.17, 15) is 0 Å². The predicted octanol–water partition coefficient (Wildman–Crippen LogP) is 0.381. The molecule has 2 atom stereocenters. The molecule has 4 nitrogen and oxygen atoms in total. The zero-order valence-corrected chi connectivity index (χ0v) is 8.27. The van der Waals surface area contributed by atoms with Crippen LogP contribution in [0.4, 0.5) is 0 Å². The summed E-state index contributed by atoms with van der Waals surface area (Å²) in [5.41, 5.74) is 5.49. The Morgan fingerprint density at radius 2 is 2.31 bits per heavy atom. The lowest BCUT2D eigenvalue weighted by Crippen LogP contribution is -2.36. The highest BCUT2D eigenvalue weighted by Gasteiger charge is 2.05. The van der Waals surface area contributed by atoms with Gasteiger partial charge in [-0.05, 0) is 19.9 Å². The molecule has 0 fully saturated rings. The van der Waals surface area contributed by atoms with Crippen molar-refractivity contribution >= 4 is 0 Å². The van der Waals surface area contributed by atoms with Crippen molar-refractivity contribution in [3.8, 4) is 0 Å². The highest BCUT2D eigenvalue weighted by Crippen LogP contribution is 2.00. The number of hydrogen-bond donors (Lipinski definition) is 2. The first-order chi connectivity index (χ1) is 6.24. The van der Waals surface area contributed by atoms with Crippen LogP contribution in [0, 0.1) is 0 Å². The largest absolute Gasteiger partial charge is 0.329 e. The molecule has 1 aromatic heterocycles. The van der Waals surface area contributed by atoms with Gasteiger partial charge in [-0.25, -0.2) is 0 Å². The quantitative estimate of drug-likeness (QED) is 0.692. The Hall–Kier alpha value is -0.870. The fourth-order valence-electron chi connectivity index (χ4n) is 1.09. The van der Waals surface area contributed by atoms with Gasteiger partial charge >= 0.3 is 0 Å². The minimum Gasteiger partial charge on any atom is -0.329 e. The number of nitrogens with zero attached hydrogens (tertiary/aromatic N) is 2. The normalized spacial score (nSPS) is 15.6. The van der Waals surface area contributed by atoms with Gasteiger partial charge in [0.2, 0.25) is 0 Å². The molecule has 1 rings (SSSR count). The van der Waals surface area contributed by atoms with Crippen molar-refractivity contribution in [2.24, 2.45) is 5.73 Å². The molecule has 74 valence electrons. The third kappa shape index (κ3) is 3.16. The second kappa shape index (κ2) is 4.99. The molecule has 0 saturated carbocycles. The fourth-order valence-corrected chi connectivity index (χ4v) is 1.09. The van der Waals surface area contributed by atoms with Gasteiger partial charge < -0.3 is 11.1 Å². The van der Waals surface area contributed by atoms with Gasteiger partial charge in [0.15, 0.2) is 0 Å². The Kier molecular flexibility index (Phi) is 3.92. The van der Waals surface area contributed by atoms with Gasteiger partial charge in [-0.2, -0.15) is 5.10 Å². The van der Waals surface area contributed by atoms with E-state index in [4.69, 9.17) is 5.73 Å². The SMILES string of the molecule is CC(CN[C@@H](C)CN)n1cccn1. The summed E-state index contributed by atoms with van der Waals surface area (Å²) < 4.78 is 1.94. The minimum atomic E-state index is 0.373. The molecule has 0 spiro atoms. The van der Waals surface area contributed by atoms with Crippen LogP contribution in [0.5, 0.6) is 0 Å². The summed E-state index contributed by atoms with van der Waals surface area (Å²) in [5, 5.41) is 7.50. The molecule has 0 aromatic carbocycles. The van der Waals surface area contributed by atoms with Crippen molar-refractivity contribution in [2.75, 3.05) is 13.1 Å². The van der Waals surface area contributed by atoms with Crippen LogP contribution in [0.25, 0.3) is 0 Å². The van der Waals surface area contributed by atoms with Crippen molar-refractivity contribution in [2.45, 2.75) is 25.9 Å². The molecule has 1 aromatic rings. The van der Waals surface area contributed by atoms with Crippen LogP contribution in [-0.4, -0.2) is 28.9 Å². The van der Waals surface area contributed by atoms with Crippen molar-refractivity contribution in [1.29, 1.82) is 0 Å². The van der Waals surface area contributed by atoms with Crippen molar-refractivity contribution in [1.82, 2.24) is 15.1 Å². The van der Waals surface area contributed by atoms with Gasteiger partial charge in [-0.1, -0.05) is 0 Å². The summed E-state index contributed by atoms with van der Waals surface area (Å²) in [6, 6.07) is 2.69. The van der Waals surface area contributed by atoms with E-state index in [1.54, 1.807) is 6.20 Å². The highest BCUT2D eigenvalue weighted by molar-refractivity contribution is 4.81. The highest BCUT2D eigenvalue weighted by atomic mass is 15.3. The molecule has 0 aliphatic carbocycles. The number of aromatic nitrogens is 2. The van der Waals surface area contributed by atoms with Gasteiger partial charge in [0.25, 0.3) is 0 Å². The maximum absolute atomic E-state index is 5.49. The minimum absolute atomic E-state index is 0.373. The Labute approximate surface area is 79.1 Å². The lowest BCUT2D eigenvalue weighted by atomic mass is 10.3. The summed E-state index contributed by atoms with van der Waals surface area (Å²) >= 11 is 0. The smallest absolute Gasteiger partial charge is 0.0615 e. The molecule has 13 heavy (non-hydrogen) atoms. The van der Waals surface area contributed by atoms with E-state index in [0.29, 0.717) is 18.6 Å². The van der Waals surface area contributed by atoms with Crippen LogP contribution in [0.3, 0.4) is 0 Å². The lowest BCUT2D eigenvalue weighted by molar-refractivity contribution is 0.426. The molecular weight excluding hydrogens is 164 g/mol. The third-order valence-corrected chi connectivity index (χ3v) is 2.09. The third-order valence-electron chi connectivity index (χ3n) is 2.09. The van der Waals surface area contributed by atoms with Crippen LogP contribution < -0.4 is 11.1 Å². The summed E-state index contributed by atoms with van der Waals surface area (Å²) in [7, 11) is 0. The summed E-state index contributed by atoms with van der Waals surface area (Å²) in [6.07, 6.45) is 3.77. The van der Waals surface area contributed by atoms with Crippen LogP contribution in [0.1, 0.15) is 19.9 Å². The monoisotopic (exact) mass is 182 g/mol. The Bertz CT molecular complexity index is 220. The van der Waals surface area contributed by atoms with E-state index in [1.807, 2.05) is 16.9 Å². The molecular formula is C9H18N4. The maximum atomic E-state index is 5.49. The summed E-state index contributed by atoms with van der Waals surface area (Å²) in [5.74, 6) is 0. The molecule has 0 radical (unpaired) electrons. The van der Waals surface area contributed by atoms with Crippen LogP contribution >= 0.6 is 0 Å². The number of rotatable bonds is 5. The first-order valence-corrected chi connectivity index (χ1v) is 4.66. The van der Waals surface area contributed by atoms with Crippen LogP contribution in [0.15, 0.2) is 18.5 Å². The fraction of sp³-hybridized carbons (Fsp3) is 0.667. The van der Waals surface area contributed by atoms with E-state index in [2.05, 4.69) is 24.3 Å². The topological polar surface area (TPSA) is 55.9 Å². The average Bonchev–Trinajstić information content (AvgIpc) is 2.66. The zero-order chi connectivity index (χ0) is 9.68. The van der Waals surface area contributed by atoms with Gasteiger partial charge in [-0.3, -0.25) is 4.68 Å². The van der Waals surface area contributed by atoms with Gasteiger partial charge in [0.05, 0.1) is 6.04 Å². The molecule has 0 amide bonds. The maximum Gasteiger partial charge on any atom is 0.0615 e. The van der Waals surface area contributed by atoms with Gasteiger partial charge in [0, 0.05) is 31.5 Å². The van der Waals surface area contributed by atoms with Crippen molar-refractivity contribution in [3.63, 3.8) is 0 Å². The van der Waals surface area contributed by atoms with E-state index in [1.165, 1.54) is 0 Å². The second-order valence-corrected chi connectivity index (χ2v) is 3.38. The molecule has 0 bridgehead atoms. The summed E-state index contributed by atoms with van der Waals surface area (Å²) in [4.78, 5) is 0. The van der Waals surface area contributed by atoms with Crippen molar-refractivity contribution in [3.05, 3.63) is 18.5 Å². The lowest BCUT2D eigenvalue weighted by Gasteiger charge is -2.16. The van der Waals surface area contributed by atoms with Crippen LogP contribution in [0.2, 0.25) is 0 Å². The molecule has 0 aliphatic rings. The standard InChI is InChI=1S/C9H18N4/c1-8(6-10)11-7-9(2)13-5-3-4-12-13/h3-5,8-9,11H,6-7,10H2,1-2H3/t8-,9?/m0/s1. The van der Waals surface area contributed by atoms with E-state index in [-0.39, 0.29) is 0 Å². The molecule has 0 aliphatic heterocycles. The molecule has 1 unspecified atom stereocenters. The first kappa shape index (κ1) is 10.2. The molecule has 4 heteroatoms. The van der Waals surface area contributed by atoms with E-state index >= 15 is 0 Å². The number of hydrogen-bond acceptors (Lipinski definition) is 3. The number of nitrogens with one attached hydrogen (secondary N) is 1. The van der Waals surface area contributed by atoms with E-state index in [0.717, 1.165) is 6.54 Å². The van der Waals surface area contributed by atoms with Crippen molar-refractivity contribution < 1.29 is 0 Å². The van der Waals surface area contributed by atoms with Gasteiger partial charge in [0.1, 0.15) is 0 Å². The van der Waals surface area contributed by atoms with Crippen LogP contribution in [-0.2, 0) is 0 Å². The Morgan fingerprint density at radius 3 is 2.85 bits per heavy atom. The first-order valence-electron chi connectivity index (χ1n) is 4.66. The zero-order valence-electron chi connectivity index (χ0n) is 8.27. The predicted molar refractivity (Wildman–Crippen MR) is 53.5 cm³/mol. The molecule has 0 saturated heterocycles. The second-order valence-electron chi connectivity index (χ2n) is 3.38. The van der Waals surface area contributed by atoms with E-state index < -0.39 is 0 Å². The average molecular weight is 182 g/mol. The molecule has 3 N–H and O–H groups in total. The molecule has 1 heterocycles. The number of nitrogens with two attached hydrogens (primary N) is 1. The Morgan fingerprint density at radius 1 is 1.54 bits per heavy atom. The van der Waals surface area contributed by atoms with Gasteiger partial charge in [-0.15, -0.1) is 0 Å².